The van der Waals surface area contributed by atoms with Gasteiger partial charge in [-0.3, -0.25) is 4.90 Å². The third-order valence-corrected chi connectivity index (χ3v) is 10.7. The van der Waals surface area contributed by atoms with Crippen LogP contribution in [0.1, 0.15) is 86.9 Å². The zero-order chi connectivity index (χ0) is 35.8. The first-order valence-corrected chi connectivity index (χ1v) is 18.3. The van der Waals surface area contributed by atoms with Crippen molar-refractivity contribution in [2.45, 2.75) is 77.9 Å². The summed E-state index contributed by atoms with van der Waals surface area (Å²) >= 11 is 0. The number of hydrogen-bond donors (Lipinski definition) is 2. The summed E-state index contributed by atoms with van der Waals surface area (Å²) < 4.78 is 9.60. The molecule has 9 heteroatoms. The van der Waals surface area contributed by atoms with Gasteiger partial charge in [0.15, 0.2) is 0 Å². The normalized spacial score (nSPS) is 21.6. The number of allylic oxidation sites excluding steroid dienone is 8. The van der Waals surface area contributed by atoms with E-state index in [-0.39, 0.29) is 12.1 Å². The molecule has 2 N–H and O–H groups in total. The lowest BCUT2D eigenvalue weighted by atomic mass is 9.83. The van der Waals surface area contributed by atoms with Gasteiger partial charge in [-0.05, 0) is 112 Å². The molecule has 0 spiro atoms. The fraction of sp³-hybridized carbons (Fsp3) is 0.405. The minimum atomic E-state index is 0.105. The molecule has 3 aliphatic heterocycles. The van der Waals surface area contributed by atoms with E-state index in [1.807, 2.05) is 26.0 Å². The van der Waals surface area contributed by atoms with E-state index in [1.54, 1.807) is 7.11 Å². The summed E-state index contributed by atoms with van der Waals surface area (Å²) in [6.07, 6.45) is 17.6. The zero-order valence-electron chi connectivity index (χ0n) is 31.3. The molecular weight excluding hydrogens is 633 g/mol. The summed E-state index contributed by atoms with van der Waals surface area (Å²) in [7, 11) is 5.99. The number of rotatable bonds is 9. The maximum atomic E-state index is 5.43. The van der Waals surface area contributed by atoms with E-state index < -0.39 is 0 Å². The summed E-state index contributed by atoms with van der Waals surface area (Å²) in [6, 6.07) is 11.8. The van der Waals surface area contributed by atoms with Crippen LogP contribution in [-0.2, 0) is 18.3 Å². The van der Waals surface area contributed by atoms with Crippen LogP contribution >= 0.6 is 0 Å². The third-order valence-electron chi connectivity index (χ3n) is 10.7. The summed E-state index contributed by atoms with van der Waals surface area (Å²) in [6.45, 7) is 15.4. The molecule has 1 fully saturated rings. The molecule has 7 rings (SSSR count). The van der Waals surface area contributed by atoms with Gasteiger partial charge in [0.1, 0.15) is 18.7 Å². The summed E-state index contributed by atoms with van der Waals surface area (Å²) in [4.78, 5) is 10.1. The maximum Gasteiger partial charge on any atom is 0.322 e. The monoisotopic (exact) mass is 685 g/mol. The van der Waals surface area contributed by atoms with Gasteiger partial charge in [-0.1, -0.05) is 54.6 Å². The molecule has 3 aromatic rings. The number of aromatic nitrogens is 5. The van der Waals surface area contributed by atoms with Crippen LogP contribution in [0.4, 0.5) is 5.82 Å². The fourth-order valence-corrected chi connectivity index (χ4v) is 8.07. The molecule has 1 saturated heterocycles. The van der Waals surface area contributed by atoms with Crippen LogP contribution in [-0.4, -0.2) is 63.0 Å². The Morgan fingerprint density at radius 2 is 1.90 bits per heavy atom. The van der Waals surface area contributed by atoms with Gasteiger partial charge in [-0.2, -0.15) is 14.9 Å². The molecule has 2 unspecified atom stereocenters. The first-order valence-electron chi connectivity index (χ1n) is 18.3. The van der Waals surface area contributed by atoms with Crippen molar-refractivity contribution in [1.82, 2.24) is 29.7 Å². The highest BCUT2D eigenvalue weighted by Gasteiger charge is 2.37. The van der Waals surface area contributed by atoms with Crippen molar-refractivity contribution < 1.29 is 9.42 Å². The number of aryl methyl sites for hydroxylation is 2. The summed E-state index contributed by atoms with van der Waals surface area (Å²) in [5.74, 6) is 5.41. The Bertz CT molecular complexity index is 1990. The van der Waals surface area contributed by atoms with Gasteiger partial charge in [0, 0.05) is 25.2 Å². The van der Waals surface area contributed by atoms with Crippen molar-refractivity contribution in [2.24, 2.45) is 7.05 Å². The minimum Gasteiger partial charge on any atom is -0.501 e. The number of ether oxygens (including phenoxy) is 1. The van der Waals surface area contributed by atoms with Crippen molar-refractivity contribution in [1.29, 1.82) is 0 Å². The van der Waals surface area contributed by atoms with Gasteiger partial charge >= 0.3 is 5.82 Å². The summed E-state index contributed by atoms with van der Waals surface area (Å²) in [5.41, 5.74) is 9.72. The van der Waals surface area contributed by atoms with E-state index in [0.29, 0.717) is 5.92 Å². The van der Waals surface area contributed by atoms with Crippen molar-refractivity contribution in [3.8, 4) is 0 Å². The Labute approximate surface area is 303 Å². The highest BCUT2D eigenvalue weighted by atomic mass is 16.5. The molecule has 9 nitrogen and oxygen atoms in total. The highest BCUT2D eigenvalue weighted by Crippen LogP contribution is 2.45. The molecule has 0 bridgehead atoms. The van der Waals surface area contributed by atoms with Crippen LogP contribution in [0.2, 0.25) is 0 Å². The smallest absolute Gasteiger partial charge is 0.322 e. The van der Waals surface area contributed by atoms with Crippen LogP contribution in [0.5, 0.6) is 0 Å². The number of fused-ring (bicyclic) bond motifs is 2. The SMILES string of the molecule is C=C(C)C=C(C=C(C)OC)c1nc(C2CCN(Cc3ccc(C4C(C5=CC=CCC5)=CC5=C(N4C)n4nc(C)cc4NC5C)cc3)CC2)[n+](C)[nH]1. The zero-order valence-corrected chi connectivity index (χ0v) is 31.3. The Morgan fingerprint density at radius 1 is 1.14 bits per heavy atom. The number of likely N-dealkylation sites (N-methyl/N-ethyl adjacent to an activating group) is 1. The van der Waals surface area contributed by atoms with E-state index in [4.69, 9.17) is 14.8 Å². The van der Waals surface area contributed by atoms with Crippen LogP contribution in [0.3, 0.4) is 0 Å². The second-order valence-electron chi connectivity index (χ2n) is 14.7. The first-order chi connectivity index (χ1) is 24.6. The van der Waals surface area contributed by atoms with Crippen molar-refractivity contribution in [2.75, 3.05) is 32.6 Å². The number of nitrogens with zero attached hydrogens (tertiary/aromatic N) is 6. The Kier molecular flexibility index (Phi) is 9.75. The second-order valence-corrected chi connectivity index (χ2v) is 14.7. The predicted molar refractivity (Wildman–Crippen MR) is 205 cm³/mol. The predicted octanol–water partition coefficient (Wildman–Crippen LogP) is 7.50. The van der Waals surface area contributed by atoms with Crippen LogP contribution in [0, 0.1) is 6.92 Å². The largest absolute Gasteiger partial charge is 0.501 e. The van der Waals surface area contributed by atoms with Gasteiger partial charge in [-0.15, -0.1) is 0 Å². The number of likely N-dealkylation sites (tertiary alicyclic amines) is 1. The number of methoxy groups -OCH3 is 1. The van der Waals surface area contributed by atoms with Crippen LogP contribution in [0.25, 0.3) is 11.4 Å². The molecule has 2 aromatic heterocycles. The molecular formula is C42H53N8O+. The second kappa shape index (κ2) is 14.4. The van der Waals surface area contributed by atoms with Gasteiger partial charge in [0.05, 0.1) is 42.1 Å². The van der Waals surface area contributed by atoms with Crippen molar-refractivity contribution in [3.05, 3.63) is 130 Å². The Morgan fingerprint density at radius 3 is 2.59 bits per heavy atom. The number of piperidine rings is 1. The van der Waals surface area contributed by atoms with Crippen molar-refractivity contribution >= 4 is 17.2 Å². The molecule has 0 saturated carbocycles. The molecule has 266 valence electrons. The molecule has 5 heterocycles. The molecule has 2 atom stereocenters. The number of anilines is 1. The number of H-pyrrole nitrogens is 1. The third kappa shape index (κ3) is 7.04. The maximum absolute atomic E-state index is 5.43. The van der Waals surface area contributed by atoms with E-state index >= 15 is 0 Å². The standard InChI is InChI=1S/C42H52N8O/c1-27(2)22-35(24-29(4)51-8)40-44-41(48(7)46-40)34-18-20-49(21-19-34)26-31-14-16-33(17-15-31)39-37(32-12-10-9-11-13-32)25-36-30(5)43-38-23-28(3)45-50(38)42(36)47(39)6/h9-10,12,14-17,22-25,30,34,39H,1,11,13,18-21,26H2,2-8H3,(H,43,45)/p+1. The molecule has 0 amide bonds. The average Bonchev–Trinajstić information content (AvgIpc) is 3.70. The first kappa shape index (κ1) is 34.6. The Balaban J connectivity index is 1.06. The van der Waals surface area contributed by atoms with E-state index in [1.165, 1.54) is 33.7 Å². The fourth-order valence-electron chi connectivity index (χ4n) is 8.07. The van der Waals surface area contributed by atoms with Crippen molar-refractivity contribution in [3.63, 3.8) is 0 Å². The van der Waals surface area contributed by atoms with Gasteiger partial charge in [0.25, 0.3) is 5.82 Å². The lowest BCUT2D eigenvalue weighted by Gasteiger charge is -2.43. The molecule has 1 aliphatic carbocycles. The van der Waals surface area contributed by atoms with E-state index in [9.17, 15) is 0 Å². The molecule has 1 aromatic carbocycles. The number of nitrogens with one attached hydrogen (secondary N) is 2. The van der Waals surface area contributed by atoms with Gasteiger partial charge in [0.2, 0.25) is 0 Å². The summed E-state index contributed by atoms with van der Waals surface area (Å²) in [5, 5.41) is 12.0. The molecule has 4 aliphatic rings. The number of benzene rings is 1. The van der Waals surface area contributed by atoms with Gasteiger partial charge < -0.3 is 15.0 Å². The highest BCUT2D eigenvalue weighted by molar-refractivity contribution is 5.72. The van der Waals surface area contributed by atoms with Crippen LogP contribution < -0.4 is 10.00 Å². The van der Waals surface area contributed by atoms with Crippen LogP contribution in [0.15, 0.2) is 101 Å². The topological polar surface area (TPSA) is 78.1 Å². The lowest BCUT2D eigenvalue weighted by Crippen LogP contribution is -2.40. The minimum absolute atomic E-state index is 0.105. The lowest BCUT2D eigenvalue weighted by molar-refractivity contribution is -0.736. The molecule has 0 radical (unpaired) electrons. The van der Waals surface area contributed by atoms with Gasteiger partial charge in [-0.25, -0.2) is 4.68 Å². The van der Waals surface area contributed by atoms with E-state index in [0.717, 1.165) is 85.4 Å². The van der Waals surface area contributed by atoms with E-state index in [2.05, 4.69) is 119 Å². The quantitative estimate of drug-likeness (QED) is 0.138. The average molecular weight is 686 g/mol. The molecule has 51 heavy (non-hydrogen) atoms. The number of aromatic amines is 1. The Hall–Kier alpha value is -4.89. The number of hydrogen-bond acceptors (Lipinski definition) is 6.